The molecule has 0 atom stereocenters. The van der Waals surface area contributed by atoms with E-state index in [4.69, 9.17) is 0 Å². The van der Waals surface area contributed by atoms with E-state index >= 15 is 0 Å². The Morgan fingerprint density at radius 1 is 1.20 bits per heavy atom. The molecule has 2 heteroatoms. The Hall–Kier alpha value is 0.180. The minimum Gasteiger partial charge on any atom is -0.105 e. The van der Waals surface area contributed by atoms with Gasteiger partial charge in [0.25, 0.3) is 0 Å². The molecule has 1 aliphatic heterocycles. The van der Waals surface area contributed by atoms with Gasteiger partial charge in [0.1, 0.15) is 0 Å². The Morgan fingerprint density at radius 2 is 1.90 bits per heavy atom. The van der Waals surface area contributed by atoms with Crippen molar-refractivity contribution < 1.29 is 0 Å². The van der Waals surface area contributed by atoms with E-state index in [1.807, 2.05) is 11.8 Å². The van der Waals surface area contributed by atoms with Gasteiger partial charge in [-0.25, -0.2) is 0 Å². The maximum Gasteiger partial charge on any atom is 0.00117 e. The van der Waals surface area contributed by atoms with Crippen LogP contribution < -0.4 is 0 Å². The minimum absolute atomic E-state index is 0.322. The lowest BCUT2D eigenvalue weighted by Crippen LogP contribution is -2.06. The van der Waals surface area contributed by atoms with Gasteiger partial charge in [-0.3, -0.25) is 0 Å². The molecule has 0 N–H and O–H groups in total. The summed E-state index contributed by atoms with van der Waals surface area (Å²) in [6.07, 6.45) is 0. The van der Waals surface area contributed by atoms with Gasteiger partial charge in [0.05, 0.1) is 0 Å². The summed E-state index contributed by atoms with van der Waals surface area (Å²) in [6, 6.07) is 0. The van der Waals surface area contributed by atoms with Gasteiger partial charge >= 0.3 is 0 Å². The summed E-state index contributed by atoms with van der Waals surface area (Å²) in [7, 11) is 0. The van der Waals surface area contributed by atoms with Gasteiger partial charge in [0.15, 0.2) is 0 Å². The van der Waals surface area contributed by atoms with Crippen molar-refractivity contribution in [2.75, 3.05) is 0 Å². The van der Waals surface area contributed by atoms with E-state index in [1.54, 1.807) is 11.8 Å². The molecule has 0 amide bonds. The van der Waals surface area contributed by atoms with Gasteiger partial charge in [0, 0.05) is 4.91 Å². The zero-order chi connectivity index (χ0) is 7.61. The lowest BCUT2D eigenvalue weighted by atomic mass is 9.97. The van der Waals surface area contributed by atoms with E-state index in [0.29, 0.717) is 5.41 Å². The van der Waals surface area contributed by atoms with Crippen molar-refractivity contribution in [3.63, 3.8) is 0 Å². The number of allylic oxidation sites excluding steroid dienone is 1. The van der Waals surface area contributed by atoms with Crippen LogP contribution in [0.15, 0.2) is 21.1 Å². The van der Waals surface area contributed by atoms with Crippen molar-refractivity contribution in [1.82, 2.24) is 0 Å². The predicted molar refractivity (Wildman–Crippen MR) is 51.9 cm³/mol. The van der Waals surface area contributed by atoms with Gasteiger partial charge in [-0.1, -0.05) is 20.8 Å². The van der Waals surface area contributed by atoms with Crippen LogP contribution in [0, 0.1) is 5.41 Å². The van der Waals surface area contributed by atoms with Crippen LogP contribution >= 0.6 is 23.5 Å². The topological polar surface area (TPSA) is 0 Å². The molecule has 1 aliphatic rings. The number of hydrogen-bond acceptors (Lipinski definition) is 2. The third-order valence-corrected chi connectivity index (χ3v) is 3.49. The van der Waals surface area contributed by atoms with Crippen LogP contribution in [0.4, 0.5) is 0 Å². The molecule has 1 rings (SSSR count). The molecule has 0 aromatic carbocycles. The summed E-state index contributed by atoms with van der Waals surface area (Å²) >= 11 is 3.60. The van der Waals surface area contributed by atoms with Crippen LogP contribution in [0.5, 0.6) is 0 Å². The monoisotopic (exact) mass is 172 g/mol. The smallest absolute Gasteiger partial charge is 0.00117 e. The van der Waals surface area contributed by atoms with E-state index < -0.39 is 0 Å². The molecule has 0 radical (unpaired) electrons. The second kappa shape index (κ2) is 3.05. The molecule has 0 spiro atoms. The number of rotatable bonds is 0. The quantitative estimate of drug-likeness (QED) is 0.544. The zero-order valence-corrected chi connectivity index (χ0v) is 8.18. The summed E-state index contributed by atoms with van der Waals surface area (Å²) in [5.41, 5.74) is 0.322. The van der Waals surface area contributed by atoms with Crippen LogP contribution in [-0.2, 0) is 0 Å². The van der Waals surface area contributed by atoms with Crippen molar-refractivity contribution in [1.29, 1.82) is 0 Å². The van der Waals surface area contributed by atoms with Crippen molar-refractivity contribution in [3.05, 3.63) is 21.1 Å². The minimum atomic E-state index is 0.322. The largest absolute Gasteiger partial charge is 0.105 e. The Labute approximate surface area is 71.2 Å². The first-order chi connectivity index (χ1) is 4.61. The van der Waals surface area contributed by atoms with E-state index in [1.165, 1.54) is 4.91 Å². The summed E-state index contributed by atoms with van der Waals surface area (Å²) in [6.45, 7) is 6.72. The average Bonchev–Trinajstić information content (AvgIpc) is 1.88. The van der Waals surface area contributed by atoms with Crippen molar-refractivity contribution in [3.8, 4) is 0 Å². The fourth-order valence-corrected chi connectivity index (χ4v) is 2.54. The van der Waals surface area contributed by atoms with Crippen LogP contribution in [0.3, 0.4) is 0 Å². The Balaban J connectivity index is 2.65. The molecule has 0 fully saturated rings. The molecular formula is C8H12S2. The van der Waals surface area contributed by atoms with Crippen LogP contribution in [0.25, 0.3) is 0 Å². The second-order valence-electron chi connectivity index (χ2n) is 3.26. The van der Waals surface area contributed by atoms with Crippen molar-refractivity contribution in [2.24, 2.45) is 5.41 Å². The van der Waals surface area contributed by atoms with Gasteiger partial charge in [0.2, 0.25) is 0 Å². The maximum atomic E-state index is 2.24. The molecule has 0 bridgehead atoms. The van der Waals surface area contributed by atoms with Crippen molar-refractivity contribution >= 4 is 23.5 Å². The molecule has 0 aromatic rings. The Morgan fingerprint density at radius 3 is 2.20 bits per heavy atom. The fraction of sp³-hybridized carbons (Fsp3) is 0.500. The highest BCUT2D eigenvalue weighted by molar-refractivity contribution is 8.11. The summed E-state index contributed by atoms with van der Waals surface area (Å²) < 4.78 is 0. The predicted octanol–water partition coefficient (Wildman–Crippen LogP) is 3.83. The number of thioether (sulfide) groups is 2. The van der Waals surface area contributed by atoms with Gasteiger partial charge in [-0.05, 0) is 21.6 Å². The fourth-order valence-electron chi connectivity index (χ4n) is 0.616. The molecule has 0 aliphatic carbocycles. The molecule has 0 saturated heterocycles. The molecular weight excluding hydrogens is 160 g/mol. The van der Waals surface area contributed by atoms with Gasteiger partial charge in [-0.15, -0.1) is 23.5 Å². The van der Waals surface area contributed by atoms with Crippen LogP contribution in [-0.4, -0.2) is 0 Å². The molecule has 0 aromatic heterocycles. The van der Waals surface area contributed by atoms with E-state index in [0.717, 1.165) is 0 Å². The first kappa shape index (κ1) is 8.28. The highest BCUT2D eigenvalue weighted by atomic mass is 32.2. The van der Waals surface area contributed by atoms with Crippen molar-refractivity contribution in [2.45, 2.75) is 20.8 Å². The zero-order valence-electron chi connectivity index (χ0n) is 6.55. The van der Waals surface area contributed by atoms with Crippen LogP contribution in [0.1, 0.15) is 20.8 Å². The lowest BCUT2D eigenvalue weighted by molar-refractivity contribution is 0.534. The molecule has 1 heterocycles. The third-order valence-electron chi connectivity index (χ3n) is 1.24. The molecule has 0 unspecified atom stereocenters. The van der Waals surface area contributed by atoms with E-state index in [9.17, 15) is 0 Å². The standard InChI is InChI=1S/C8H12S2/c1-8(2,3)7-6-9-4-5-10-7/h4-6H,1-3H3. The molecule has 0 saturated carbocycles. The summed E-state index contributed by atoms with van der Waals surface area (Å²) in [5.74, 6) is 0. The summed E-state index contributed by atoms with van der Waals surface area (Å²) in [4.78, 5) is 1.46. The highest BCUT2D eigenvalue weighted by Gasteiger charge is 2.17. The molecule has 10 heavy (non-hydrogen) atoms. The molecule has 0 nitrogen and oxygen atoms in total. The lowest BCUT2D eigenvalue weighted by Gasteiger charge is -2.22. The van der Waals surface area contributed by atoms with Gasteiger partial charge < -0.3 is 0 Å². The van der Waals surface area contributed by atoms with E-state index in [-0.39, 0.29) is 0 Å². The maximum absolute atomic E-state index is 2.24. The van der Waals surface area contributed by atoms with E-state index in [2.05, 4.69) is 37.0 Å². The first-order valence-corrected chi connectivity index (χ1v) is 5.11. The number of hydrogen-bond donors (Lipinski definition) is 0. The molecule has 56 valence electrons. The van der Waals surface area contributed by atoms with Crippen LogP contribution in [0.2, 0.25) is 0 Å². The Kier molecular flexibility index (Phi) is 2.53. The SMILES string of the molecule is CC(C)(C)C1=CSC=CS1. The average molecular weight is 172 g/mol. The first-order valence-electron chi connectivity index (χ1n) is 3.28. The Bertz CT molecular complexity index is 172. The summed E-state index contributed by atoms with van der Waals surface area (Å²) in [5, 5.41) is 6.48. The van der Waals surface area contributed by atoms with Gasteiger partial charge in [-0.2, -0.15) is 0 Å². The second-order valence-corrected chi connectivity index (χ2v) is 4.99. The third kappa shape index (κ3) is 2.10. The normalized spacial score (nSPS) is 18.9. The highest BCUT2D eigenvalue weighted by Crippen LogP contribution is 2.39.